The number of likely N-dealkylation sites (N-methyl/N-ethyl adjacent to an activating group) is 1. The summed E-state index contributed by atoms with van der Waals surface area (Å²) in [5.41, 5.74) is -0.705. The Morgan fingerprint density at radius 3 is 2.35 bits per heavy atom. The Balaban J connectivity index is 0.000000283. The normalized spacial score (nSPS) is 15.1. The van der Waals surface area contributed by atoms with E-state index in [4.69, 9.17) is 28.3 Å². The molecule has 0 unspecified atom stereocenters. The van der Waals surface area contributed by atoms with E-state index in [-0.39, 0.29) is 12.4 Å². The summed E-state index contributed by atoms with van der Waals surface area (Å²) < 4.78 is 36.7. The summed E-state index contributed by atoms with van der Waals surface area (Å²) in [6.45, 7) is 5.84. The average molecular weight is 528 g/mol. The van der Waals surface area contributed by atoms with Crippen molar-refractivity contribution in [3.8, 4) is 5.88 Å². The number of rotatable bonds is 7. The van der Waals surface area contributed by atoms with Crippen molar-refractivity contribution in [3.05, 3.63) is 30.5 Å². The van der Waals surface area contributed by atoms with Gasteiger partial charge in [-0.25, -0.2) is 14.1 Å². The lowest BCUT2D eigenvalue weighted by Crippen LogP contribution is -2.55. The molecule has 0 bridgehead atoms. The summed E-state index contributed by atoms with van der Waals surface area (Å²) in [5.74, 6) is -0.0201. The molecule has 0 aliphatic carbocycles. The molecule has 2 heterocycles. The van der Waals surface area contributed by atoms with E-state index >= 15 is 0 Å². The van der Waals surface area contributed by atoms with Crippen molar-refractivity contribution in [3.63, 3.8) is 0 Å². The highest BCUT2D eigenvalue weighted by atomic mass is 32.2. The van der Waals surface area contributed by atoms with Crippen molar-refractivity contribution in [1.82, 2.24) is 19.1 Å². The predicted octanol–water partition coefficient (Wildman–Crippen LogP) is 2.63. The van der Waals surface area contributed by atoms with Gasteiger partial charge in [-0.05, 0) is 58.0 Å². The summed E-state index contributed by atoms with van der Waals surface area (Å²) in [6.07, 6.45) is 1.14. The number of alkyl halides is 2. The minimum Gasteiger partial charge on any atom is -0.444 e. The number of benzene rings is 1. The van der Waals surface area contributed by atoms with Crippen molar-refractivity contribution in [2.75, 3.05) is 39.8 Å². The van der Waals surface area contributed by atoms with Crippen molar-refractivity contribution in [1.29, 1.82) is 0 Å². The van der Waals surface area contributed by atoms with Crippen LogP contribution in [-0.2, 0) is 9.53 Å². The highest BCUT2D eigenvalue weighted by molar-refractivity contribution is 7.97. The molecular formula is C23H29B3F2N4O4S. The van der Waals surface area contributed by atoms with Gasteiger partial charge in [0, 0.05) is 48.0 Å². The number of fused-ring (bicyclic) bond motifs is 1. The van der Waals surface area contributed by atoms with Crippen LogP contribution < -0.4 is 4.74 Å². The highest BCUT2D eigenvalue weighted by Gasteiger charge is 2.29. The topological polar surface area (TPSA) is 75.2 Å². The van der Waals surface area contributed by atoms with Crippen LogP contribution in [0.2, 0.25) is 0 Å². The van der Waals surface area contributed by atoms with Gasteiger partial charge >= 0.3 is 12.7 Å². The monoisotopic (exact) mass is 528 g/mol. The fourth-order valence-electron chi connectivity index (χ4n) is 3.21. The first-order valence-corrected chi connectivity index (χ1v) is 12.2. The van der Waals surface area contributed by atoms with Gasteiger partial charge in [-0.1, -0.05) is 11.3 Å². The number of hydrogen-bond acceptors (Lipinski definition) is 8. The predicted molar refractivity (Wildman–Crippen MR) is 142 cm³/mol. The van der Waals surface area contributed by atoms with E-state index < -0.39 is 23.5 Å². The third kappa shape index (κ3) is 10.2. The van der Waals surface area contributed by atoms with Gasteiger partial charge in [-0.15, -0.1) is 0 Å². The number of aldehydes is 1. The minimum absolute atomic E-state index is 0.0201. The fraction of sp³-hybridized carbons (Fsp3) is 0.522. The molecule has 6 radical (unpaired) electrons. The van der Waals surface area contributed by atoms with Gasteiger partial charge < -0.3 is 24.1 Å². The number of pyridine rings is 1. The van der Waals surface area contributed by atoms with Crippen molar-refractivity contribution < 1.29 is 27.8 Å². The largest absolute Gasteiger partial charge is 0.444 e. The zero-order valence-electron chi connectivity index (χ0n) is 21.4. The minimum atomic E-state index is -2.87. The maximum Gasteiger partial charge on any atom is 0.409 e. The molecule has 8 nitrogen and oxygen atoms in total. The van der Waals surface area contributed by atoms with E-state index in [1.807, 2.05) is 18.2 Å². The van der Waals surface area contributed by atoms with Crippen LogP contribution in [0.1, 0.15) is 20.8 Å². The molecule has 0 saturated carbocycles. The number of halogens is 2. The molecule has 0 N–H and O–H groups in total. The van der Waals surface area contributed by atoms with Crippen LogP contribution >= 0.6 is 11.9 Å². The fourth-order valence-corrected chi connectivity index (χ4v) is 4.25. The lowest BCUT2D eigenvalue weighted by molar-refractivity contribution is -0.109. The number of amides is 1. The summed E-state index contributed by atoms with van der Waals surface area (Å²) in [4.78, 5) is 29.8. The molecule has 3 rings (SSSR count). The number of piperazine rings is 1. The SMILES string of the molecule is CN1CCN(Sc2cccc3c(OC(F)F)nccc23)CC1.[B]C([B])([B])N(CC=O)C(=O)OC(C)(C)C. The van der Waals surface area contributed by atoms with E-state index in [9.17, 15) is 18.4 Å². The average Bonchev–Trinajstić information content (AvgIpc) is 2.77. The maximum absolute atomic E-state index is 12.5. The Labute approximate surface area is 224 Å². The number of carbonyl (C=O) groups is 2. The van der Waals surface area contributed by atoms with E-state index in [1.54, 1.807) is 38.8 Å². The second kappa shape index (κ2) is 13.5. The van der Waals surface area contributed by atoms with Gasteiger partial charge in [0.1, 0.15) is 11.9 Å². The first-order chi connectivity index (χ1) is 17.2. The summed E-state index contributed by atoms with van der Waals surface area (Å²) in [6, 6.07) is 7.44. The zero-order chi connectivity index (χ0) is 27.8. The number of aromatic nitrogens is 1. The first kappa shape index (κ1) is 30.9. The molecule has 194 valence electrons. The van der Waals surface area contributed by atoms with E-state index in [0.717, 1.165) is 41.4 Å². The Kier molecular flexibility index (Phi) is 11.3. The van der Waals surface area contributed by atoms with Crippen LogP contribution in [0, 0.1) is 0 Å². The number of nitrogens with zero attached hydrogens (tertiary/aromatic N) is 4. The van der Waals surface area contributed by atoms with Crippen LogP contribution in [0.25, 0.3) is 10.8 Å². The molecule has 1 amide bonds. The van der Waals surface area contributed by atoms with Crippen molar-refractivity contribution >= 4 is 58.6 Å². The molecule has 1 aromatic heterocycles. The molecule has 0 spiro atoms. The molecule has 1 aliphatic rings. The van der Waals surface area contributed by atoms with Crippen LogP contribution in [0.4, 0.5) is 13.6 Å². The van der Waals surface area contributed by atoms with Crippen LogP contribution in [0.3, 0.4) is 0 Å². The standard InChI is InChI=1S/C15H17F2N3OS.C8H12B3NO3/c1-19-7-9-20(10-8-19)22-13-4-2-3-12-11(13)5-6-18-14(12)21-15(16)17;1-7(2,3)15-6(14)12(4-5-13)8(9,10)11/h2-6,15H,7-10H2,1H3;5H,4H2,1-3H3. The molecule has 1 aliphatic heterocycles. The molecule has 1 saturated heterocycles. The smallest absolute Gasteiger partial charge is 0.409 e. The Bertz CT molecular complexity index is 1050. The maximum atomic E-state index is 12.5. The third-order valence-corrected chi connectivity index (χ3v) is 6.13. The molecule has 1 fully saturated rings. The van der Waals surface area contributed by atoms with Crippen LogP contribution in [0.5, 0.6) is 5.88 Å². The van der Waals surface area contributed by atoms with Gasteiger partial charge in [-0.3, -0.25) is 0 Å². The van der Waals surface area contributed by atoms with Gasteiger partial charge in [0.15, 0.2) is 0 Å². The lowest BCUT2D eigenvalue weighted by atomic mass is 9.48. The van der Waals surface area contributed by atoms with Crippen LogP contribution in [0.15, 0.2) is 35.4 Å². The van der Waals surface area contributed by atoms with Gasteiger partial charge in [0.05, 0.1) is 30.1 Å². The molecule has 1 aromatic carbocycles. The number of carbonyl (C=O) groups excluding carboxylic acids is 2. The van der Waals surface area contributed by atoms with Gasteiger partial charge in [-0.2, -0.15) is 8.78 Å². The van der Waals surface area contributed by atoms with Gasteiger partial charge in [0.25, 0.3) is 0 Å². The van der Waals surface area contributed by atoms with E-state index in [1.165, 1.54) is 6.20 Å². The quantitative estimate of drug-likeness (QED) is 0.309. The summed E-state index contributed by atoms with van der Waals surface area (Å²) in [5, 5.41) is -0.414. The Morgan fingerprint density at radius 2 is 1.81 bits per heavy atom. The molecule has 14 heteroatoms. The molecule has 0 atom stereocenters. The molecular weight excluding hydrogens is 499 g/mol. The zero-order valence-corrected chi connectivity index (χ0v) is 22.2. The van der Waals surface area contributed by atoms with Gasteiger partial charge in [0.2, 0.25) is 5.88 Å². The Morgan fingerprint density at radius 1 is 1.16 bits per heavy atom. The van der Waals surface area contributed by atoms with Crippen molar-refractivity contribution in [2.24, 2.45) is 0 Å². The second-order valence-corrected chi connectivity index (χ2v) is 10.5. The van der Waals surface area contributed by atoms with E-state index in [0.29, 0.717) is 11.7 Å². The molecule has 37 heavy (non-hydrogen) atoms. The van der Waals surface area contributed by atoms with Crippen molar-refractivity contribution in [2.45, 2.75) is 43.1 Å². The summed E-state index contributed by atoms with van der Waals surface area (Å²) in [7, 11) is 18.0. The Hall–Kier alpha value is -2.31. The lowest BCUT2D eigenvalue weighted by Gasteiger charge is -2.36. The first-order valence-electron chi connectivity index (χ1n) is 11.5. The molecule has 2 aromatic rings. The van der Waals surface area contributed by atoms with Crippen LogP contribution in [-0.4, -0.2) is 112 Å². The van der Waals surface area contributed by atoms with E-state index in [2.05, 4.69) is 26.0 Å². The number of hydrogen-bond donors (Lipinski definition) is 0. The number of ether oxygens (including phenoxy) is 2. The third-order valence-electron chi connectivity index (χ3n) is 4.96. The second-order valence-electron chi connectivity index (χ2n) is 9.31. The summed E-state index contributed by atoms with van der Waals surface area (Å²) >= 11 is 1.66. The highest BCUT2D eigenvalue weighted by Crippen LogP contribution is 2.34.